The average Bonchev–Trinajstić information content (AvgIpc) is 2.09. The minimum Gasteiger partial charge on any atom is -0.396 e. The summed E-state index contributed by atoms with van der Waals surface area (Å²) >= 11 is 0. The largest absolute Gasteiger partial charge is 0.396 e. The van der Waals surface area contributed by atoms with Crippen LogP contribution in [0.3, 0.4) is 0 Å². The number of carbonyl (C=O) groups is 1. The van der Waals surface area contributed by atoms with E-state index in [0.717, 1.165) is 5.56 Å². The Bertz CT molecular complexity index is 351. The zero-order chi connectivity index (χ0) is 10.7. The lowest BCUT2D eigenvalue weighted by atomic mass is 10.2. The van der Waals surface area contributed by atoms with E-state index in [2.05, 4.69) is 10.3 Å². The van der Waals surface area contributed by atoms with Crippen molar-refractivity contribution in [2.45, 2.75) is 19.9 Å². The van der Waals surface area contributed by atoms with Crippen molar-refractivity contribution in [3.05, 3.63) is 17.8 Å². The second kappa shape index (κ2) is 3.95. The maximum Gasteiger partial charge on any atom is 0.239 e. The summed E-state index contributed by atoms with van der Waals surface area (Å²) in [7, 11) is 0. The van der Waals surface area contributed by atoms with Gasteiger partial charge >= 0.3 is 0 Å². The van der Waals surface area contributed by atoms with Crippen LogP contribution in [0, 0.1) is 6.92 Å². The summed E-state index contributed by atoms with van der Waals surface area (Å²) in [6.07, 6.45) is 1.67. The average molecular weight is 194 g/mol. The fourth-order valence-corrected chi connectivity index (χ4v) is 0.989. The van der Waals surface area contributed by atoms with E-state index in [1.807, 2.05) is 6.92 Å². The molecule has 76 valence electrons. The zero-order valence-electron chi connectivity index (χ0n) is 8.24. The molecule has 0 fully saturated rings. The van der Waals surface area contributed by atoms with Crippen molar-refractivity contribution in [3.8, 4) is 0 Å². The summed E-state index contributed by atoms with van der Waals surface area (Å²) in [6, 6.07) is 1.30. The summed E-state index contributed by atoms with van der Waals surface area (Å²) in [5.41, 5.74) is 12.3. The van der Waals surface area contributed by atoms with Crippen LogP contribution in [0.15, 0.2) is 12.3 Å². The minimum atomic E-state index is -0.479. The maximum absolute atomic E-state index is 10.8. The number of pyridine rings is 1. The smallest absolute Gasteiger partial charge is 0.239 e. The van der Waals surface area contributed by atoms with Gasteiger partial charge in [0.05, 0.1) is 5.69 Å². The lowest BCUT2D eigenvalue weighted by Gasteiger charge is -2.12. The van der Waals surface area contributed by atoms with Crippen LogP contribution in [0.25, 0.3) is 0 Å². The van der Waals surface area contributed by atoms with Gasteiger partial charge < -0.3 is 16.8 Å². The van der Waals surface area contributed by atoms with Crippen LogP contribution < -0.4 is 16.8 Å². The van der Waals surface area contributed by atoms with Crippen LogP contribution in [0.1, 0.15) is 12.5 Å². The highest BCUT2D eigenvalue weighted by Crippen LogP contribution is 2.16. The lowest BCUT2D eigenvalue weighted by Crippen LogP contribution is -2.33. The second-order valence-corrected chi connectivity index (χ2v) is 3.22. The number of anilines is 2. The first kappa shape index (κ1) is 10.3. The highest BCUT2D eigenvalue weighted by Gasteiger charge is 2.10. The standard InChI is InChI=1S/C9H14N4O/c1-5-3-7(10)9(12-4-5)13-6(2)8(11)14/h3-4,6H,10H2,1-2H3,(H2,11,14)(H,12,13). The van der Waals surface area contributed by atoms with Gasteiger partial charge in [-0.2, -0.15) is 0 Å². The van der Waals surface area contributed by atoms with Crippen molar-refractivity contribution < 1.29 is 4.79 Å². The molecule has 0 bridgehead atoms. The van der Waals surface area contributed by atoms with Crippen LogP contribution in [0.5, 0.6) is 0 Å². The molecule has 0 saturated heterocycles. The van der Waals surface area contributed by atoms with Gasteiger partial charge in [0, 0.05) is 6.20 Å². The number of aromatic nitrogens is 1. The number of nitrogen functional groups attached to an aromatic ring is 1. The molecular weight excluding hydrogens is 180 g/mol. The Morgan fingerprint density at radius 1 is 1.64 bits per heavy atom. The van der Waals surface area contributed by atoms with Crippen molar-refractivity contribution in [3.63, 3.8) is 0 Å². The van der Waals surface area contributed by atoms with Crippen molar-refractivity contribution in [1.29, 1.82) is 0 Å². The Labute approximate surface area is 82.5 Å². The zero-order valence-corrected chi connectivity index (χ0v) is 8.24. The van der Waals surface area contributed by atoms with Gasteiger partial charge in [-0.25, -0.2) is 4.98 Å². The fourth-order valence-electron chi connectivity index (χ4n) is 0.989. The van der Waals surface area contributed by atoms with E-state index in [4.69, 9.17) is 11.5 Å². The van der Waals surface area contributed by atoms with Crippen molar-refractivity contribution in [2.24, 2.45) is 5.73 Å². The number of nitrogens with two attached hydrogens (primary N) is 2. The molecule has 1 aromatic rings. The van der Waals surface area contributed by atoms with E-state index in [1.54, 1.807) is 19.2 Å². The van der Waals surface area contributed by atoms with Crippen LogP contribution in [0.2, 0.25) is 0 Å². The number of hydrogen-bond acceptors (Lipinski definition) is 4. The van der Waals surface area contributed by atoms with Gasteiger partial charge in [0.25, 0.3) is 0 Å². The van der Waals surface area contributed by atoms with E-state index >= 15 is 0 Å². The summed E-state index contributed by atoms with van der Waals surface area (Å²) in [4.78, 5) is 14.8. The van der Waals surface area contributed by atoms with E-state index in [0.29, 0.717) is 11.5 Å². The first-order valence-corrected chi connectivity index (χ1v) is 4.28. The number of aryl methyl sites for hydroxylation is 1. The molecule has 1 aromatic heterocycles. The molecule has 14 heavy (non-hydrogen) atoms. The van der Waals surface area contributed by atoms with Gasteiger partial charge in [0.1, 0.15) is 11.9 Å². The molecule has 1 unspecified atom stereocenters. The Kier molecular flexibility index (Phi) is 2.91. The van der Waals surface area contributed by atoms with Crippen LogP contribution >= 0.6 is 0 Å². The Balaban J connectivity index is 2.82. The van der Waals surface area contributed by atoms with Gasteiger partial charge in [-0.1, -0.05) is 0 Å². The SMILES string of the molecule is Cc1cnc(NC(C)C(N)=O)c(N)c1. The molecular formula is C9H14N4O. The van der Waals surface area contributed by atoms with E-state index < -0.39 is 11.9 Å². The molecule has 0 spiro atoms. The molecule has 5 heteroatoms. The number of nitrogens with zero attached hydrogens (tertiary/aromatic N) is 1. The predicted molar refractivity (Wildman–Crippen MR) is 55.7 cm³/mol. The van der Waals surface area contributed by atoms with Crippen LogP contribution in [-0.2, 0) is 4.79 Å². The highest BCUT2D eigenvalue weighted by atomic mass is 16.1. The van der Waals surface area contributed by atoms with Crippen molar-refractivity contribution >= 4 is 17.4 Å². The Morgan fingerprint density at radius 2 is 2.29 bits per heavy atom. The van der Waals surface area contributed by atoms with E-state index in [-0.39, 0.29) is 0 Å². The number of nitrogens with one attached hydrogen (secondary N) is 1. The third-order valence-corrected chi connectivity index (χ3v) is 1.83. The number of carbonyl (C=O) groups excluding carboxylic acids is 1. The first-order valence-electron chi connectivity index (χ1n) is 4.28. The molecule has 0 saturated carbocycles. The fraction of sp³-hybridized carbons (Fsp3) is 0.333. The van der Waals surface area contributed by atoms with Gasteiger partial charge in [-0.15, -0.1) is 0 Å². The molecule has 1 atom stereocenters. The predicted octanol–water partition coefficient (Wildman–Crippen LogP) is 0.258. The monoisotopic (exact) mass is 194 g/mol. The van der Waals surface area contributed by atoms with Crippen molar-refractivity contribution in [2.75, 3.05) is 11.1 Å². The Hall–Kier alpha value is -1.78. The summed E-state index contributed by atoms with van der Waals surface area (Å²) in [6.45, 7) is 3.55. The third-order valence-electron chi connectivity index (χ3n) is 1.83. The minimum absolute atomic E-state index is 0.438. The number of hydrogen-bond donors (Lipinski definition) is 3. The summed E-state index contributed by atoms with van der Waals surface area (Å²) in [5, 5.41) is 2.83. The van der Waals surface area contributed by atoms with Crippen molar-refractivity contribution in [1.82, 2.24) is 4.98 Å². The molecule has 1 amide bonds. The number of rotatable bonds is 3. The molecule has 1 heterocycles. The molecule has 5 N–H and O–H groups in total. The summed E-state index contributed by atoms with van der Waals surface area (Å²) < 4.78 is 0. The van der Waals surface area contributed by atoms with E-state index in [1.165, 1.54) is 0 Å². The highest BCUT2D eigenvalue weighted by molar-refractivity contribution is 5.83. The summed E-state index contributed by atoms with van der Waals surface area (Å²) in [5.74, 6) is 0.0497. The van der Waals surface area contributed by atoms with Crippen LogP contribution in [0.4, 0.5) is 11.5 Å². The molecule has 0 aliphatic heterocycles. The van der Waals surface area contributed by atoms with Gasteiger partial charge in [0.15, 0.2) is 0 Å². The number of amides is 1. The number of primary amides is 1. The van der Waals surface area contributed by atoms with Gasteiger partial charge in [0.2, 0.25) is 5.91 Å². The Morgan fingerprint density at radius 3 is 2.79 bits per heavy atom. The van der Waals surface area contributed by atoms with E-state index in [9.17, 15) is 4.79 Å². The first-order chi connectivity index (χ1) is 6.50. The van der Waals surface area contributed by atoms with Crippen LogP contribution in [-0.4, -0.2) is 16.9 Å². The maximum atomic E-state index is 10.8. The van der Waals surface area contributed by atoms with Gasteiger partial charge in [-0.3, -0.25) is 4.79 Å². The second-order valence-electron chi connectivity index (χ2n) is 3.22. The molecule has 0 radical (unpaired) electrons. The molecule has 0 aromatic carbocycles. The molecule has 1 rings (SSSR count). The molecule has 0 aliphatic carbocycles. The normalized spacial score (nSPS) is 12.1. The van der Waals surface area contributed by atoms with Gasteiger partial charge in [-0.05, 0) is 25.5 Å². The molecule has 0 aliphatic rings. The third kappa shape index (κ3) is 2.35. The topological polar surface area (TPSA) is 94.0 Å². The lowest BCUT2D eigenvalue weighted by molar-refractivity contribution is -0.118. The molecule has 5 nitrogen and oxygen atoms in total. The quantitative estimate of drug-likeness (QED) is 0.643.